The molecule has 252 valence electrons. The van der Waals surface area contributed by atoms with Crippen molar-refractivity contribution in [3.8, 4) is 22.8 Å². The summed E-state index contributed by atoms with van der Waals surface area (Å²) in [6.07, 6.45) is 5.99. The van der Waals surface area contributed by atoms with Gasteiger partial charge in [0.2, 0.25) is 5.82 Å². The highest BCUT2D eigenvalue weighted by atomic mass is 32.1. The molecule has 1 spiro atoms. The summed E-state index contributed by atoms with van der Waals surface area (Å²) in [5.41, 5.74) is -0.848. The molecule has 4 aromatic rings. The fourth-order valence-corrected chi connectivity index (χ4v) is 7.46. The van der Waals surface area contributed by atoms with E-state index in [4.69, 9.17) is 4.74 Å². The largest absolute Gasteiger partial charge is 0.453 e. The van der Waals surface area contributed by atoms with Crippen molar-refractivity contribution in [3.05, 3.63) is 82.8 Å². The third kappa shape index (κ3) is 6.93. The highest BCUT2D eigenvalue weighted by molar-refractivity contribution is 7.03. The molecule has 2 aromatic carbocycles. The Morgan fingerprint density at radius 3 is 2.54 bits per heavy atom. The number of rotatable bonds is 8. The van der Waals surface area contributed by atoms with Crippen LogP contribution in [0.3, 0.4) is 0 Å². The van der Waals surface area contributed by atoms with E-state index in [0.717, 1.165) is 75.2 Å². The lowest BCUT2D eigenvalue weighted by Crippen LogP contribution is -2.50. The van der Waals surface area contributed by atoms with E-state index in [1.165, 1.54) is 42.8 Å². The fourth-order valence-electron chi connectivity index (χ4n) is 6.93. The molecule has 13 heteroatoms. The van der Waals surface area contributed by atoms with Crippen LogP contribution in [0.4, 0.5) is 32.0 Å². The van der Waals surface area contributed by atoms with Crippen LogP contribution in [0.25, 0.3) is 23.2 Å². The van der Waals surface area contributed by atoms with Crippen molar-refractivity contribution in [2.75, 3.05) is 37.6 Å². The first-order chi connectivity index (χ1) is 23.1. The number of halogens is 6. The third-order valence-electron chi connectivity index (χ3n) is 9.59. The molecule has 7 rings (SSSR count). The van der Waals surface area contributed by atoms with Crippen LogP contribution in [-0.2, 0) is 6.18 Å². The maximum Gasteiger partial charge on any atom is 0.422 e. The second-order valence-electron chi connectivity index (χ2n) is 13.0. The second-order valence-corrected chi connectivity index (χ2v) is 13.6. The van der Waals surface area contributed by atoms with Crippen LogP contribution in [-0.4, -0.2) is 52.0 Å². The summed E-state index contributed by atoms with van der Waals surface area (Å²) in [5, 5.41) is 1.73. The molecule has 1 aliphatic carbocycles. The number of piperidine rings is 2. The lowest BCUT2D eigenvalue weighted by atomic mass is 9.72. The van der Waals surface area contributed by atoms with Crippen LogP contribution in [0.15, 0.2) is 54.3 Å². The first kappa shape index (κ1) is 32.6. The lowest BCUT2D eigenvalue weighted by Gasteiger charge is -2.49. The smallest absolute Gasteiger partial charge is 0.422 e. The topological polar surface area (TPSA) is 54.4 Å². The van der Waals surface area contributed by atoms with Crippen LogP contribution in [0, 0.1) is 23.0 Å². The van der Waals surface area contributed by atoms with Crippen molar-refractivity contribution in [1.29, 1.82) is 0 Å². The Balaban J connectivity index is 1.30. The maximum atomic E-state index is 16.0. The summed E-state index contributed by atoms with van der Waals surface area (Å²) >= 11 is 1.19. The van der Waals surface area contributed by atoms with Crippen molar-refractivity contribution < 1.29 is 31.1 Å². The van der Waals surface area contributed by atoms with Crippen molar-refractivity contribution in [2.24, 2.45) is 11.3 Å². The molecule has 3 fully saturated rings. The number of likely N-dealkylation sites (tertiary alicyclic amines) is 1. The Morgan fingerprint density at radius 1 is 1.00 bits per heavy atom. The number of ether oxygens (including phenoxy) is 1. The van der Waals surface area contributed by atoms with E-state index in [1.807, 2.05) is 0 Å². The van der Waals surface area contributed by atoms with Gasteiger partial charge in [0.15, 0.2) is 17.4 Å². The Hall–Kier alpha value is -3.97. The number of hydrogen-bond donors (Lipinski definition) is 0. The normalized spacial score (nSPS) is 18.8. The summed E-state index contributed by atoms with van der Waals surface area (Å²) in [7, 11) is 0. The molecular formula is C35H33F6N5OS. The minimum Gasteiger partial charge on any atom is -0.453 e. The second kappa shape index (κ2) is 13.1. The molecule has 2 aromatic heterocycles. The third-order valence-corrected chi connectivity index (χ3v) is 10.2. The molecule has 2 saturated heterocycles. The van der Waals surface area contributed by atoms with Gasteiger partial charge in [-0.2, -0.15) is 17.6 Å². The van der Waals surface area contributed by atoms with E-state index < -0.39 is 40.7 Å². The fraction of sp³-hybridized carbons (Fsp3) is 0.400. The van der Waals surface area contributed by atoms with Crippen LogP contribution in [0.1, 0.15) is 55.3 Å². The Morgan fingerprint density at radius 2 is 1.81 bits per heavy atom. The Kier molecular flexibility index (Phi) is 8.92. The zero-order valence-electron chi connectivity index (χ0n) is 25.9. The van der Waals surface area contributed by atoms with Gasteiger partial charge in [0.25, 0.3) is 0 Å². The molecule has 0 atom stereocenters. The van der Waals surface area contributed by atoms with Gasteiger partial charge in [-0.1, -0.05) is 6.07 Å². The van der Waals surface area contributed by atoms with Crippen molar-refractivity contribution in [2.45, 2.75) is 44.7 Å². The monoisotopic (exact) mass is 685 g/mol. The van der Waals surface area contributed by atoms with Gasteiger partial charge in [-0.3, -0.25) is 4.98 Å². The Bertz CT molecular complexity index is 1800. The molecular weight excluding hydrogens is 652 g/mol. The SMILES string of the molecule is F/C(=C\c1ccc(Oc2cccc(F)c2F)c(C(F)(F)F)c1N1CCCC2(CCN(CC3CC3)CC2)C1)c1cncc(-c2cnsc2)n1. The van der Waals surface area contributed by atoms with Crippen LogP contribution < -0.4 is 9.64 Å². The summed E-state index contributed by atoms with van der Waals surface area (Å²) in [6, 6.07) is 5.40. The average Bonchev–Trinajstić information content (AvgIpc) is 3.71. The van der Waals surface area contributed by atoms with E-state index in [1.54, 1.807) is 16.5 Å². The summed E-state index contributed by atoms with van der Waals surface area (Å²) in [5.74, 6) is -4.18. The van der Waals surface area contributed by atoms with Gasteiger partial charge in [0.05, 0.1) is 30.0 Å². The summed E-state index contributed by atoms with van der Waals surface area (Å²) in [6.45, 7) is 3.48. The zero-order valence-corrected chi connectivity index (χ0v) is 26.8. The molecule has 3 aliphatic rings. The summed E-state index contributed by atoms with van der Waals surface area (Å²) in [4.78, 5) is 12.6. The van der Waals surface area contributed by atoms with E-state index in [-0.39, 0.29) is 22.4 Å². The molecule has 0 radical (unpaired) electrons. The van der Waals surface area contributed by atoms with Gasteiger partial charge in [0, 0.05) is 36.1 Å². The maximum absolute atomic E-state index is 16.0. The number of hydrogen-bond acceptors (Lipinski definition) is 7. The highest BCUT2D eigenvalue weighted by Crippen LogP contribution is 2.50. The first-order valence-corrected chi connectivity index (χ1v) is 16.8. The van der Waals surface area contributed by atoms with Crippen molar-refractivity contribution >= 4 is 29.1 Å². The first-order valence-electron chi connectivity index (χ1n) is 16.0. The number of benzene rings is 2. The van der Waals surface area contributed by atoms with E-state index in [2.05, 4.69) is 19.2 Å². The van der Waals surface area contributed by atoms with Gasteiger partial charge in [0.1, 0.15) is 17.0 Å². The summed E-state index contributed by atoms with van der Waals surface area (Å²) < 4.78 is 99.7. The molecule has 0 amide bonds. The number of alkyl halides is 3. The van der Waals surface area contributed by atoms with E-state index >= 15 is 17.6 Å². The molecule has 48 heavy (non-hydrogen) atoms. The molecule has 1 saturated carbocycles. The molecule has 0 bridgehead atoms. The highest BCUT2D eigenvalue weighted by Gasteiger charge is 2.44. The van der Waals surface area contributed by atoms with E-state index in [9.17, 15) is 8.78 Å². The quantitative estimate of drug-likeness (QED) is 0.173. The minimum atomic E-state index is -4.99. The predicted octanol–water partition coefficient (Wildman–Crippen LogP) is 9.25. The van der Waals surface area contributed by atoms with Gasteiger partial charge < -0.3 is 14.5 Å². The standard InChI is InChI=1S/C35H33F6N5OS/c36-25-3-1-4-30(32(25)38)47-29-8-7-23(15-26(37)28-18-42-17-27(44-28)24-16-43-48-20-24)33(31(29)35(39,40)41)46-12-2-9-34(21-46)10-13-45(14-11-34)19-22-5-6-22/h1,3-4,7-8,15-18,20,22H,2,5-6,9-14,19,21H2/b26-15-. The average molecular weight is 686 g/mol. The number of aromatic nitrogens is 3. The Labute approximate surface area is 278 Å². The van der Waals surface area contributed by atoms with Crippen LogP contribution in [0.2, 0.25) is 0 Å². The zero-order chi connectivity index (χ0) is 33.5. The number of nitrogens with zero attached hydrogens (tertiary/aromatic N) is 5. The van der Waals surface area contributed by atoms with Gasteiger partial charge >= 0.3 is 6.18 Å². The molecule has 4 heterocycles. The molecule has 0 unspecified atom stereocenters. The van der Waals surface area contributed by atoms with Crippen molar-refractivity contribution in [1.82, 2.24) is 19.2 Å². The minimum absolute atomic E-state index is 0.0421. The van der Waals surface area contributed by atoms with Gasteiger partial charge in [-0.05, 0) is 105 Å². The van der Waals surface area contributed by atoms with Gasteiger partial charge in [-0.25, -0.2) is 18.1 Å². The van der Waals surface area contributed by atoms with E-state index in [0.29, 0.717) is 30.8 Å². The number of anilines is 1. The van der Waals surface area contributed by atoms with Crippen LogP contribution in [0.5, 0.6) is 11.5 Å². The molecule has 0 N–H and O–H groups in total. The predicted molar refractivity (Wildman–Crippen MR) is 172 cm³/mol. The lowest BCUT2D eigenvalue weighted by molar-refractivity contribution is -0.138. The van der Waals surface area contributed by atoms with Gasteiger partial charge in [-0.15, -0.1) is 0 Å². The molecule has 2 aliphatic heterocycles. The molecule has 6 nitrogen and oxygen atoms in total. The van der Waals surface area contributed by atoms with Crippen LogP contribution >= 0.6 is 11.5 Å². The van der Waals surface area contributed by atoms with Crippen molar-refractivity contribution in [3.63, 3.8) is 0 Å².